The van der Waals surface area contributed by atoms with E-state index in [0.29, 0.717) is 17.7 Å². The zero-order valence-corrected chi connectivity index (χ0v) is 12.8. The molecule has 0 bridgehead atoms. The maximum absolute atomic E-state index is 12.2. The Balaban J connectivity index is 1.66. The first-order chi connectivity index (χ1) is 11.7. The SMILES string of the molecule is O=C(N/N=C/c1ccccc1O)c1cccc(Cn2cccn2)c1. The Morgan fingerprint density at radius 2 is 2.08 bits per heavy atom. The zero-order chi connectivity index (χ0) is 16.8. The van der Waals surface area contributed by atoms with Gasteiger partial charge in [-0.2, -0.15) is 10.2 Å². The van der Waals surface area contributed by atoms with E-state index in [1.54, 1.807) is 47.3 Å². The summed E-state index contributed by atoms with van der Waals surface area (Å²) in [5.74, 6) is -0.208. The normalized spacial score (nSPS) is 10.8. The first kappa shape index (κ1) is 15.5. The molecule has 2 N–H and O–H groups in total. The van der Waals surface area contributed by atoms with E-state index in [-0.39, 0.29) is 11.7 Å². The number of hydrogen-bond acceptors (Lipinski definition) is 4. The van der Waals surface area contributed by atoms with Crippen LogP contribution in [0.15, 0.2) is 72.1 Å². The molecule has 2 aromatic carbocycles. The number of aromatic hydroxyl groups is 1. The molecular formula is C18H16N4O2. The molecule has 0 saturated carbocycles. The van der Waals surface area contributed by atoms with Crippen LogP contribution in [-0.4, -0.2) is 27.0 Å². The Labute approximate surface area is 139 Å². The monoisotopic (exact) mass is 320 g/mol. The van der Waals surface area contributed by atoms with Crippen molar-refractivity contribution in [3.8, 4) is 5.75 Å². The maximum Gasteiger partial charge on any atom is 0.271 e. The molecule has 3 aromatic rings. The third-order valence-corrected chi connectivity index (χ3v) is 3.40. The summed E-state index contributed by atoms with van der Waals surface area (Å²) >= 11 is 0. The summed E-state index contributed by atoms with van der Waals surface area (Å²) in [7, 11) is 0. The van der Waals surface area contributed by atoms with Crippen molar-refractivity contribution in [2.45, 2.75) is 6.54 Å². The lowest BCUT2D eigenvalue weighted by Gasteiger charge is -2.05. The predicted octanol–water partition coefficient (Wildman–Crippen LogP) is 2.40. The first-order valence-electron chi connectivity index (χ1n) is 7.40. The molecule has 0 aliphatic carbocycles. The Bertz CT molecular complexity index is 857. The van der Waals surface area contributed by atoms with Crippen LogP contribution in [0.25, 0.3) is 0 Å². The molecule has 3 rings (SSSR count). The summed E-state index contributed by atoms with van der Waals surface area (Å²) in [6, 6.07) is 15.9. The van der Waals surface area contributed by atoms with Gasteiger partial charge in [-0.1, -0.05) is 24.3 Å². The second kappa shape index (κ2) is 7.23. The number of nitrogens with one attached hydrogen (secondary N) is 1. The minimum absolute atomic E-state index is 0.108. The number of aromatic nitrogens is 2. The van der Waals surface area contributed by atoms with Crippen LogP contribution in [0.1, 0.15) is 21.5 Å². The van der Waals surface area contributed by atoms with Crippen LogP contribution in [0.3, 0.4) is 0 Å². The molecule has 0 spiro atoms. The van der Waals surface area contributed by atoms with E-state index in [9.17, 15) is 9.90 Å². The van der Waals surface area contributed by atoms with E-state index < -0.39 is 0 Å². The average Bonchev–Trinajstić information content (AvgIpc) is 3.10. The van der Waals surface area contributed by atoms with Crippen molar-refractivity contribution in [3.63, 3.8) is 0 Å². The van der Waals surface area contributed by atoms with Gasteiger partial charge in [-0.3, -0.25) is 9.48 Å². The molecule has 0 aliphatic rings. The third-order valence-electron chi connectivity index (χ3n) is 3.40. The van der Waals surface area contributed by atoms with Gasteiger partial charge in [-0.25, -0.2) is 5.43 Å². The first-order valence-corrected chi connectivity index (χ1v) is 7.40. The van der Waals surface area contributed by atoms with Crippen LogP contribution in [0.5, 0.6) is 5.75 Å². The summed E-state index contributed by atoms with van der Waals surface area (Å²) in [4.78, 5) is 12.2. The fraction of sp³-hybridized carbons (Fsp3) is 0.0556. The third kappa shape index (κ3) is 3.86. The summed E-state index contributed by atoms with van der Waals surface area (Å²) in [6.45, 7) is 0.593. The topological polar surface area (TPSA) is 79.5 Å². The largest absolute Gasteiger partial charge is 0.507 e. The molecule has 24 heavy (non-hydrogen) atoms. The maximum atomic E-state index is 12.2. The van der Waals surface area contributed by atoms with Gasteiger partial charge in [0.25, 0.3) is 5.91 Å². The molecule has 1 amide bonds. The van der Waals surface area contributed by atoms with Crippen molar-refractivity contribution >= 4 is 12.1 Å². The fourth-order valence-corrected chi connectivity index (χ4v) is 2.21. The van der Waals surface area contributed by atoms with Gasteiger partial charge >= 0.3 is 0 Å². The summed E-state index contributed by atoms with van der Waals surface area (Å²) in [6.07, 6.45) is 4.98. The van der Waals surface area contributed by atoms with E-state index in [1.807, 2.05) is 24.4 Å². The second-order valence-electron chi connectivity index (χ2n) is 5.16. The van der Waals surface area contributed by atoms with E-state index >= 15 is 0 Å². The molecule has 0 radical (unpaired) electrons. The number of carbonyl (C=O) groups is 1. The Kier molecular flexibility index (Phi) is 4.67. The number of phenols is 1. The molecule has 0 unspecified atom stereocenters. The number of phenolic OH excluding ortho intramolecular Hbond substituents is 1. The predicted molar refractivity (Wildman–Crippen MR) is 90.9 cm³/mol. The quantitative estimate of drug-likeness (QED) is 0.559. The van der Waals surface area contributed by atoms with Crippen LogP contribution < -0.4 is 5.43 Å². The molecule has 0 atom stereocenters. The minimum atomic E-state index is -0.316. The van der Waals surface area contributed by atoms with Crippen LogP contribution in [0, 0.1) is 0 Å². The molecule has 0 fully saturated rings. The Morgan fingerprint density at radius 1 is 1.21 bits per heavy atom. The number of carbonyl (C=O) groups excluding carboxylic acids is 1. The molecule has 6 heteroatoms. The van der Waals surface area contributed by atoms with Gasteiger partial charge in [0.2, 0.25) is 0 Å². The molecular weight excluding hydrogens is 304 g/mol. The second-order valence-corrected chi connectivity index (χ2v) is 5.16. The minimum Gasteiger partial charge on any atom is -0.507 e. The van der Waals surface area contributed by atoms with Gasteiger partial charge in [0.15, 0.2) is 0 Å². The lowest BCUT2D eigenvalue weighted by molar-refractivity contribution is 0.0955. The zero-order valence-electron chi connectivity index (χ0n) is 12.8. The Morgan fingerprint density at radius 3 is 2.88 bits per heavy atom. The standard InChI is InChI=1S/C18H16N4O2/c23-17-8-2-1-6-16(17)12-19-21-18(24)15-7-3-5-14(11-15)13-22-10-4-9-20-22/h1-12,23H,13H2,(H,21,24)/b19-12+. The highest BCUT2D eigenvalue weighted by molar-refractivity contribution is 5.95. The average molecular weight is 320 g/mol. The summed E-state index contributed by atoms with van der Waals surface area (Å²) in [5.41, 5.74) is 4.47. The van der Waals surface area contributed by atoms with E-state index in [2.05, 4.69) is 15.6 Å². The van der Waals surface area contributed by atoms with Crippen LogP contribution >= 0.6 is 0 Å². The number of rotatable bonds is 5. The van der Waals surface area contributed by atoms with Crippen molar-refractivity contribution in [3.05, 3.63) is 83.7 Å². The molecule has 1 heterocycles. The van der Waals surface area contributed by atoms with Crippen LogP contribution in [0.4, 0.5) is 0 Å². The van der Waals surface area contributed by atoms with Gasteiger partial charge in [-0.15, -0.1) is 0 Å². The van der Waals surface area contributed by atoms with Crippen molar-refractivity contribution in [1.82, 2.24) is 15.2 Å². The number of benzene rings is 2. The number of amides is 1. The highest BCUT2D eigenvalue weighted by Crippen LogP contribution is 2.12. The van der Waals surface area contributed by atoms with E-state index in [0.717, 1.165) is 5.56 Å². The highest BCUT2D eigenvalue weighted by Gasteiger charge is 2.05. The van der Waals surface area contributed by atoms with Gasteiger partial charge in [0, 0.05) is 23.5 Å². The summed E-state index contributed by atoms with van der Waals surface area (Å²) < 4.78 is 1.79. The molecule has 120 valence electrons. The van der Waals surface area contributed by atoms with Gasteiger partial charge in [0.05, 0.1) is 12.8 Å². The van der Waals surface area contributed by atoms with Crippen LogP contribution in [-0.2, 0) is 6.54 Å². The van der Waals surface area contributed by atoms with Crippen LogP contribution in [0.2, 0.25) is 0 Å². The molecule has 0 aliphatic heterocycles. The van der Waals surface area contributed by atoms with E-state index in [1.165, 1.54) is 6.21 Å². The van der Waals surface area contributed by atoms with Crippen molar-refractivity contribution < 1.29 is 9.90 Å². The number of para-hydroxylation sites is 1. The van der Waals surface area contributed by atoms with Crippen molar-refractivity contribution in [2.24, 2.45) is 5.10 Å². The van der Waals surface area contributed by atoms with Crippen molar-refractivity contribution in [1.29, 1.82) is 0 Å². The highest BCUT2D eigenvalue weighted by atomic mass is 16.3. The van der Waals surface area contributed by atoms with Gasteiger partial charge in [0.1, 0.15) is 5.75 Å². The molecule has 1 aromatic heterocycles. The number of hydrogen-bond donors (Lipinski definition) is 2. The fourth-order valence-electron chi connectivity index (χ4n) is 2.21. The molecule has 6 nitrogen and oxygen atoms in total. The summed E-state index contributed by atoms with van der Waals surface area (Å²) in [5, 5.41) is 17.7. The lowest BCUT2D eigenvalue weighted by Crippen LogP contribution is -2.18. The van der Waals surface area contributed by atoms with Gasteiger partial charge < -0.3 is 5.11 Å². The lowest BCUT2D eigenvalue weighted by atomic mass is 10.1. The van der Waals surface area contributed by atoms with E-state index in [4.69, 9.17) is 0 Å². The Hall–Kier alpha value is -3.41. The number of nitrogens with zero attached hydrogens (tertiary/aromatic N) is 3. The van der Waals surface area contributed by atoms with Crippen molar-refractivity contribution in [2.75, 3.05) is 0 Å². The molecule has 0 saturated heterocycles. The van der Waals surface area contributed by atoms with Gasteiger partial charge in [-0.05, 0) is 35.9 Å². The number of hydrazone groups is 1. The smallest absolute Gasteiger partial charge is 0.271 e.